The normalized spacial score (nSPS) is 30.6. The highest BCUT2D eigenvalue weighted by Crippen LogP contribution is 2.46. The number of rotatable bonds is 6. The molecule has 0 unspecified atom stereocenters. The Balaban J connectivity index is 1.12. The largest absolute Gasteiger partial charge is 0.444 e. The monoisotopic (exact) mass is 761 g/mol. The Kier molecular flexibility index (Phi) is 10.4. The van der Waals surface area contributed by atoms with Crippen LogP contribution in [0, 0.1) is 5.92 Å². The van der Waals surface area contributed by atoms with E-state index in [1.807, 2.05) is 18.2 Å². The molecule has 15 nitrogen and oxygen atoms in total. The average molecular weight is 762 g/mol. The average Bonchev–Trinajstić information content (AvgIpc) is 3.89. The summed E-state index contributed by atoms with van der Waals surface area (Å²) in [6.07, 6.45) is 5.62. The van der Waals surface area contributed by atoms with Gasteiger partial charge in [-0.2, -0.15) is 0 Å². The fourth-order valence-corrected chi connectivity index (χ4v) is 9.05. The van der Waals surface area contributed by atoms with Crippen LogP contribution < -0.4 is 15.4 Å². The van der Waals surface area contributed by atoms with Gasteiger partial charge in [-0.25, -0.2) is 18.0 Å². The summed E-state index contributed by atoms with van der Waals surface area (Å²) in [7, 11) is -3.91. The Morgan fingerprint density at radius 1 is 1.00 bits per heavy atom. The van der Waals surface area contributed by atoms with Crippen LogP contribution in [0.4, 0.5) is 9.59 Å². The summed E-state index contributed by atoms with van der Waals surface area (Å²) in [4.78, 5) is 71.3. The lowest BCUT2D eigenvalue weighted by Gasteiger charge is -2.30. The maximum absolute atomic E-state index is 14.3. The molecule has 6 aliphatic rings. The number of benzene rings is 1. The number of halogens is 1. The van der Waals surface area contributed by atoms with Crippen LogP contribution in [-0.2, 0) is 51.7 Å². The molecule has 52 heavy (non-hydrogen) atoms. The number of ether oxygens (including phenoxy) is 3. The molecular weight excluding hydrogens is 718 g/mol. The quantitative estimate of drug-likeness (QED) is 0.364. The van der Waals surface area contributed by atoms with E-state index in [0.29, 0.717) is 50.3 Å². The predicted octanol–water partition coefficient (Wildman–Crippen LogP) is 2.65. The van der Waals surface area contributed by atoms with E-state index < -0.39 is 80.9 Å². The van der Waals surface area contributed by atoms with Crippen molar-refractivity contribution in [2.45, 2.75) is 112 Å². The highest BCUT2D eigenvalue weighted by molar-refractivity contribution is 7.91. The van der Waals surface area contributed by atoms with Crippen LogP contribution in [0.1, 0.15) is 75.3 Å². The van der Waals surface area contributed by atoms with E-state index >= 15 is 0 Å². The Morgan fingerprint density at radius 3 is 2.58 bits per heavy atom. The zero-order chi connectivity index (χ0) is 36.6. The molecule has 4 aliphatic heterocycles. The van der Waals surface area contributed by atoms with E-state index in [4.69, 9.17) is 25.8 Å². The lowest BCUT2D eigenvalue weighted by molar-refractivity contribution is -0.141. The van der Waals surface area contributed by atoms with Gasteiger partial charge in [0.1, 0.15) is 29.8 Å². The Labute approximate surface area is 307 Å². The van der Waals surface area contributed by atoms with Crippen molar-refractivity contribution in [3.63, 3.8) is 0 Å². The van der Waals surface area contributed by atoms with Crippen molar-refractivity contribution in [3.05, 3.63) is 46.5 Å². The van der Waals surface area contributed by atoms with Crippen molar-refractivity contribution in [2.24, 2.45) is 5.92 Å². The smallest absolute Gasteiger partial charge is 0.410 e. The number of carbonyl (C=O) groups excluding carboxylic acids is 5. The second kappa shape index (κ2) is 14.9. The molecule has 1 aromatic rings. The van der Waals surface area contributed by atoms with Crippen LogP contribution in [-0.4, -0.2) is 103 Å². The summed E-state index contributed by atoms with van der Waals surface area (Å²) < 4.78 is 44.4. The summed E-state index contributed by atoms with van der Waals surface area (Å²) in [5.41, 5.74) is 0.288. The molecule has 0 spiro atoms. The van der Waals surface area contributed by atoms with Gasteiger partial charge in [-0.1, -0.05) is 42.7 Å². The molecular formula is C35H44ClN5O10S. The summed E-state index contributed by atoms with van der Waals surface area (Å²) in [6, 6.07) is 3.15. The van der Waals surface area contributed by atoms with Crippen LogP contribution >= 0.6 is 11.6 Å². The molecule has 0 radical (unpaired) electrons. The summed E-state index contributed by atoms with van der Waals surface area (Å²) in [5.74, 6) is -2.53. The molecule has 7 rings (SSSR count). The van der Waals surface area contributed by atoms with Gasteiger partial charge in [0, 0.05) is 36.9 Å². The van der Waals surface area contributed by atoms with Gasteiger partial charge in [0.25, 0.3) is 5.91 Å². The number of nitrogens with zero attached hydrogens (tertiary/aromatic N) is 2. The van der Waals surface area contributed by atoms with E-state index in [-0.39, 0.29) is 39.0 Å². The molecule has 1 aromatic carbocycles. The van der Waals surface area contributed by atoms with Crippen molar-refractivity contribution >= 4 is 51.5 Å². The van der Waals surface area contributed by atoms with Gasteiger partial charge in [0.2, 0.25) is 21.8 Å². The third kappa shape index (κ3) is 8.03. The van der Waals surface area contributed by atoms with Crippen molar-refractivity contribution in [2.75, 3.05) is 19.8 Å². The number of alkyl carbamates (subject to hydrolysis) is 1. The van der Waals surface area contributed by atoms with Crippen LogP contribution in [0.2, 0.25) is 5.02 Å². The number of fused-ring (bicyclic) bond motifs is 3. The zero-order valence-corrected chi connectivity index (χ0v) is 30.3. The van der Waals surface area contributed by atoms with E-state index in [1.54, 1.807) is 12.1 Å². The Bertz CT molecular complexity index is 1750. The van der Waals surface area contributed by atoms with Gasteiger partial charge in [-0.05, 0) is 61.8 Å². The van der Waals surface area contributed by atoms with Gasteiger partial charge in [0.15, 0.2) is 0 Å². The first-order valence-corrected chi connectivity index (χ1v) is 20.0. The molecule has 3 N–H and O–H groups in total. The number of amides is 5. The summed E-state index contributed by atoms with van der Waals surface area (Å²) in [5, 5.41) is 5.42. The minimum Gasteiger partial charge on any atom is -0.444 e. The molecule has 6 atom stereocenters. The topological polar surface area (TPSA) is 190 Å². The third-order valence-electron chi connectivity index (χ3n) is 10.7. The molecule has 5 amide bonds. The Hall–Kier alpha value is -3.89. The number of sulfonamides is 1. The minimum absolute atomic E-state index is 0.0783. The number of carbonyl (C=O) groups is 5. The summed E-state index contributed by atoms with van der Waals surface area (Å²) >= 11 is 6.15. The van der Waals surface area contributed by atoms with Crippen molar-refractivity contribution in [3.8, 4) is 0 Å². The van der Waals surface area contributed by atoms with E-state index in [0.717, 1.165) is 24.0 Å². The second-order valence-electron chi connectivity index (χ2n) is 14.6. The highest BCUT2D eigenvalue weighted by atomic mass is 35.5. The van der Waals surface area contributed by atoms with E-state index in [1.165, 1.54) is 9.80 Å². The van der Waals surface area contributed by atoms with E-state index in [9.17, 15) is 32.4 Å². The first-order chi connectivity index (χ1) is 24.9. The molecule has 17 heteroatoms. The SMILES string of the molecule is O=C(N[C@H]1CCCCCC=C[C@@H]2C[C@@]2(C(=O)NS(=O)(=O)C2CC2)NC(=O)[C@@H]2C[C@@H](OC(=O)N3Cc4ccc(Cl)cc4C3)CN2C1=O)O[C@H]1CCOC1. The van der Waals surface area contributed by atoms with Gasteiger partial charge >= 0.3 is 12.2 Å². The maximum atomic E-state index is 14.3. The molecule has 2 saturated carbocycles. The van der Waals surface area contributed by atoms with Crippen molar-refractivity contribution in [1.29, 1.82) is 0 Å². The molecule has 0 aromatic heterocycles. The fraction of sp³-hybridized carbons (Fsp3) is 0.629. The standard InChI is InChI=1S/C35H44ClN5O10S/c36-24-9-8-21-17-40(18-22(21)14-24)34(46)51-26-15-29-30(42)38-35(32(44)39-52(47,48)27-10-11-27)16-23(35)6-4-2-1-3-5-7-28(31(43)41(29)19-26)37-33(45)50-25-12-13-49-20-25/h4,6,8-9,14,23,25-29H,1-3,5,7,10-13,15-20H2,(H,37,45)(H,38,42)(H,39,44)/t23-,25+,26-,28+,29+,35-/m1/s1. The third-order valence-corrected chi connectivity index (χ3v) is 12.8. The molecule has 2 aliphatic carbocycles. The lowest BCUT2D eigenvalue weighted by Crippen LogP contribution is -2.58. The highest BCUT2D eigenvalue weighted by Gasteiger charge is 2.62. The minimum atomic E-state index is -3.91. The maximum Gasteiger partial charge on any atom is 0.410 e. The molecule has 2 saturated heterocycles. The van der Waals surface area contributed by atoms with Gasteiger partial charge in [-0.15, -0.1) is 0 Å². The number of allylic oxidation sites excluding steroid dienone is 1. The van der Waals surface area contributed by atoms with Gasteiger partial charge in [-0.3, -0.25) is 24.0 Å². The van der Waals surface area contributed by atoms with Gasteiger partial charge in [0.05, 0.1) is 25.0 Å². The molecule has 0 bridgehead atoms. The van der Waals surface area contributed by atoms with Crippen LogP contribution in [0.15, 0.2) is 30.4 Å². The molecule has 282 valence electrons. The van der Waals surface area contributed by atoms with Crippen LogP contribution in [0.25, 0.3) is 0 Å². The summed E-state index contributed by atoms with van der Waals surface area (Å²) in [6.45, 7) is 1.17. The number of nitrogens with one attached hydrogen (secondary N) is 3. The first kappa shape index (κ1) is 36.5. The fourth-order valence-electron chi connectivity index (χ4n) is 7.49. The first-order valence-electron chi connectivity index (χ1n) is 18.0. The van der Waals surface area contributed by atoms with Crippen LogP contribution in [0.5, 0.6) is 0 Å². The Morgan fingerprint density at radius 2 is 1.81 bits per heavy atom. The van der Waals surface area contributed by atoms with E-state index in [2.05, 4.69) is 15.4 Å². The zero-order valence-electron chi connectivity index (χ0n) is 28.7. The number of hydrogen-bond donors (Lipinski definition) is 3. The molecule has 4 heterocycles. The van der Waals surface area contributed by atoms with Crippen LogP contribution in [0.3, 0.4) is 0 Å². The lowest BCUT2D eigenvalue weighted by atomic mass is 10.0. The van der Waals surface area contributed by atoms with Crippen molar-refractivity contribution in [1.82, 2.24) is 25.2 Å². The number of hydrogen-bond acceptors (Lipinski definition) is 10. The van der Waals surface area contributed by atoms with Crippen molar-refractivity contribution < 1.29 is 46.6 Å². The predicted molar refractivity (Wildman–Crippen MR) is 185 cm³/mol. The second-order valence-corrected chi connectivity index (χ2v) is 17.0. The molecule has 4 fully saturated rings. The van der Waals surface area contributed by atoms with Gasteiger partial charge < -0.3 is 29.7 Å².